The number of ether oxygens (including phenoxy) is 1. The summed E-state index contributed by atoms with van der Waals surface area (Å²) in [5.74, 6) is 0.818. The van der Waals surface area contributed by atoms with Crippen molar-refractivity contribution in [2.24, 2.45) is 5.92 Å². The van der Waals surface area contributed by atoms with Gasteiger partial charge in [0.1, 0.15) is 12.3 Å². The Morgan fingerprint density at radius 1 is 1.10 bits per heavy atom. The van der Waals surface area contributed by atoms with Crippen LogP contribution in [0.1, 0.15) is 30.7 Å². The Bertz CT molecular complexity index is 865. The van der Waals surface area contributed by atoms with E-state index >= 15 is 0 Å². The van der Waals surface area contributed by atoms with Gasteiger partial charge in [-0.1, -0.05) is 30.3 Å². The molecular weight excluding hydrogens is 396 g/mol. The predicted octanol–water partition coefficient (Wildman–Crippen LogP) is 0.946. The van der Waals surface area contributed by atoms with Crippen LogP contribution in [0.15, 0.2) is 30.3 Å². The Labute approximate surface area is 182 Å². The second kappa shape index (κ2) is 10.6. The molecule has 0 radical (unpaired) electrons. The van der Waals surface area contributed by atoms with Gasteiger partial charge in [-0.3, -0.25) is 14.5 Å². The van der Waals surface area contributed by atoms with Gasteiger partial charge < -0.3 is 9.64 Å². The van der Waals surface area contributed by atoms with Crippen molar-refractivity contribution in [2.45, 2.75) is 38.8 Å². The zero-order valence-corrected chi connectivity index (χ0v) is 17.9. The normalized spacial score (nSPS) is 20.0. The number of aryl methyl sites for hydroxylation is 1. The summed E-state index contributed by atoms with van der Waals surface area (Å²) in [6.07, 6.45) is 2.97. The van der Waals surface area contributed by atoms with E-state index in [9.17, 15) is 9.59 Å². The summed E-state index contributed by atoms with van der Waals surface area (Å²) in [4.78, 5) is 29.7. The highest BCUT2D eigenvalue weighted by Crippen LogP contribution is 2.20. The molecule has 0 N–H and O–H groups in total. The van der Waals surface area contributed by atoms with E-state index in [1.54, 1.807) is 9.58 Å². The summed E-state index contributed by atoms with van der Waals surface area (Å²) in [7, 11) is 0. The third-order valence-electron chi connectivity index (χ3n) is 6.09. The third-order valence-corrected chi connectivity index (χ3v) is 6.09. The number of benzene rings is 1. The number of piperidine rings is 1. The lowest BCUT2D eigenvalue weighted by molar-refractivity contribution is -0.136. The van der Waals surface area contributed by atoms with Crippen molar-refractivity contribution in [1.82, 2.24) is 30.0 Å². The van der Waals surface area contributed by atoms with E-state index in [0.717, 1.165) is 32.4 Å². The summed E-state index contributed by atoms with van der Waals surface area (Å²) in [6, 6.07) is 10.1. The van der Waals surface area contributed by atoms with Crippen molar-refractivity contribution in [3.8, 4) is 0 Å². The first-order valence-electron chi connectivity index (χ1n) is 11.1. The lowest BCUT2D eigenvalue weighted by Crippen LogP contribution is -2.44. The average molecular weight is 427 g/mol. The van der Waals surface area contributed by atoms with Gasteiger partial charge in [-0.2, -0.15) is 0 Å². The number of amides is 1. The standard InChI is InChI=1S/C22H30N6O3/c29-20(9-8-18-5-2-1-3-6-18)19-7-4-10-27(15-19)22(30)17-28-21(23-24-25-28)16-26-11-13-31-14-12-26/h1-3,5-6,19H,4,7-17H2/t19-/m0/s1. The van der Waals surface area contributed by atoms with E-state index in [1.807, 2.05) is 30.3 Å². The molecule has 2 aliphatic rings. The lowest BCUT2D eigenvalue weighted by atomic mass is 9.90. The smallest absolute Gasteiger partial charge is 0.244 e. The number of hydrogen-bond donors (Lipinski definition) is 0. The van der Waals surface area contributed by atoms with Crippen LogP contribution < -0.4 is 0 Å². The summed E-state index contributed by atoms with van der Waals surface area (Å²) in [5, 5.41) is 11.9. The predicted molar refractivity (Wildman–Crippen MR) is 113 cm³/mol. The number of carbonyl (C=O) groups is 2. The van der Waals surface area contributed by atoms with E-state index in [1.165, 1.54) is 5.56 Å². The van der Waals surface area contributed by atoms with Gasteiger partial charge in [-0.05, 0) is 35.3 Å². The van der Waals surface area contributed by atoms with Crippen LogP contribution >= 0.6 is 0 Å². The van der Waals surface area contributed by atoms with E-state index < -0.39 is 0 Å². The number of rotatable bonds is 8. The van der Waals surface area contributed by atoms with Crippen LogP contribution in [0, 0.1) is 5.92 Å². The molecule has 0 aliphatic carbocycles. The molecule has 9 heteroatoms. The Morgan fingerprint density at radius 2 is 1.90 bits per heavy atom. The maximum atomic E-state index is 12.9. The molecule has 1 aromatic heterocycles. The summed E-state index contributed by atoms with van der Waals surface area (Å²) in [5.41, 5.74) is 1.17. The SMILES string of the molecule is O=C(CCc1ccccc1)[C@H]1CCCN(C(=O)Cn2nnnc2CN2CCOCC2)C1. The van der Waals surface area contributed by atoms with Gasteiger partial charge in [-0.25, -0.2) is 4.68 Å². The van der Waals surface area contributed by atoms with Crippen LogP contribution in [-0.2, 0) is 33.8 Å². The molecule has 0 unspecified atom stereocenters. The maximum Gasteiger partial charge on any atom is 0.244 e. The van der Waals surface area contributed by atoms with Crippen LogP contribution in [0.25, 0.3) is 0 Å². The second-order valence-corrected chi connectivity index (χ2v) is 8.27. The molecule has 1 atom stereocenters. The quantitative estimate of drug-likeness (QED) is 0.620. The number of carbonyl (C=O) groups excluding carboxylic acids is 2. The number of hydrogen-bond acceptors (Lipinski definition) is 7. The Kier molecular flexibility index (Phi) is 7.37. The fourth-order valence-corrected chi connectivity index (χ4v) is 4.23. The molecule has 1 aromatic carbocycles. The first kappa shape index (κ1) is 21.6. The molecule has 0 saturated carbocycles. The van der Waals surface area contributed by atoms with Gasteiger partial charge in [0.05, 0.1) is 19.8 Å². The van der Waals surface area contributed by atoms with Gasteiger partial charge >= 0.3 is 0 Å². The molecule has 166 valence electrons. The molecule has 2 saturated heterocycles. The molecule has 0 spiro atoms. The maximum absolute atomic E-state index is 12.9. The number of morpholine rings is 1. The van der Waals surface area contributed by atoms with Gasteiger partial charge in [0, 0.05) is 38.5 Å². The van der Waals surface area contributed by atoms with Gasteiger partial charge in [0.25, 0.3) is 0 Å². The highest BCUT2D eigenvalue weighted by Gasteiger charge is 2.28. The molecule has 4 rings (SSSR count). The number of aromatic nitrogens is 4. The summed E-state index contributed by atoms with van der Waals surface area (Å²) < 4.78 is 6.96. The first-order chi connectivity index (χ1) is 15.2. The molecule has 2 fully saturated rings. The number of Topliss-reactive ketones (excluding diaryl/α,β-unsaturated/α-hetero) is 1. The van der Waals surface area contributed by atoms with Crippen LogP contribution in [0.4, 0.5) is 0 Å². The zero-order valence-electron chi connectivity index (χ0n) is 17.9. The largest absolute Gasteiger partial charge is 0.379 e. The Morgan fingerprint density at radius 3 is 2.71 bits per heavy atom. The Hall–Kier alpha value is -2.65. The zero-order chi connectivity index (χ0) is 21.5. The van der Waals surface area contributed by atoms with Crippen molar-refractivity contribution in [3.05, 3.63) is 41.7 Å². The molecule has 1 amide bonds. The highest BCUT2D eigenvalue weighted by molar-refractivity contribution is 5.83. The number of ketones is 1. The number of nitrogens with zero attached hydrogens (tertiary/aromatic N) is 6. The number of likely N-dealkylation sites (tertiary alicyclic amines) is 1. The van der Waals surface area contributed by atoms with E-state index in [4.69, 9.17) is 4.74 Å². The van der Waals surface area contributed by atoms with E-state index in [-0.39, 0.29) is 24.2 Å². The van der Waals surface area contributed by atoms with Crippen LogP contribution in [-0.4, -0.2) is 81.1 Å². The van der Waals surface area contributed by atoms with Crippen molar-refractivity contribution in [3.63, 3.8) is 0 Å². The number of tetrazole rings is 1. The summed E-state index contributed by atoms with van der Waals surface area (Å²) >= 11 is 0. The van der Waals surface area contributed by atoms with E-state index in [0.29, 0.717) is 45.1 Å². The third kappa shape index (κ3) is 5.95. The van der Waals surface area contributed by atoms with Crippen LogP contribution in [0.2, 0.25) is 0 Å². The van der Waals surface area contributed by atoms with Crippen molar-refractivity contribution >= 4 is 11.7 Å². The minimum absolute atomic E-state index is 0.0314. The van der Waals surface area contributed by atoms with E-state index in [2.05, 4.69) is 20.4 Å². The molecule has 2 aliphatic heterocycles. The molecule has 3 heterocycles. The van der Waals surface area contributed by atoms with Crippen molar-refractivity contribution in [1.29, 1.82) is 0 Å². The Balaban J connectivity index is 1.29. The fraction of sp³-hybridized carbons (Fsp3) is 0.591. The van der Waals surface area contributed by atoms with Crippen LogP contribution in [0.5, 0.6) is 0 Å². The molecule has 9 nitrogen and oxygen atoms in total. The van der Waals surface area contributed by atoms with Crippen LogP contribution in [0.3, 0.4) is 0 Å². The fourth-order valence-electron chi connectivity index (χ4n) is 4.23. The van der Waals surface area contributed by atoms with Gasteiger partial charge in [-0.15, -0.1) is 5.10 Å². The van der Waals surface area contributed by atoms with Crippen molar-refractivity contribution < 1.29 is 14.3 Å². The summed E-state index contributed by atoms with van der Waals surface area (Å²) in [6.45, 7) is 4.96. The monoisotopic (exact) mass is 426 g/mol. The second-order valence-electron chi connectivity index (χ2n) is 8.27. The minimum Gasteiger partial charge on any atom is -0.379 e. The average Bonchev–Trinajstić information content (AvgIpc) is 3.25. The highest BCUT2D eigenvalue weighted by atomic mass is 16.5. The molecule has 0 bridgehead atoms. The van der Waals surface area contributed by atoms with Gasteiger partial charge in [0.15, 0.2) is 5.82 Å². The minimum atomic E-state index is -0.0805. The first-order valence-corrected chi connectivity index (χ1v) is 11.1. The topological polar surface area (TPSA) is 93.5 Å². The molecule has 2 aromatic rings. The molecule has 31 heavy (non-hydrogen) atoms. The van der Waals surface area contributed by atoms with Gasteiger partial charge in [0.2, 0.25) is 5.91 Å². The lowest BCUT2D eigenvalue weighted by Gasteiger charge is -2.32. The van der Waals surface area contributed by atoms with Crippen molar-refractivity contribution in [2.75, 3.05) is 39.4 Å². The molecular formula is C22H30N6O3.